The van der Waals surface area contributed by atoms with Crippen LogP contribution in [0.3, 0.4) is 0 Å². The number of carboxylic acid groups (broad SMARTS) is 1. The lowest BCUT2D eigenvalue weighted by molar-refractivity contribution is -0.138. The van der Waals surface area contributed by atoms with E-state index in [1.165, 1.54) is 0 Å². The summed E-state index contributed by atoms with van der Waals surface area (Å²) in [5.41, 5.74) is 0. The molecule has 94 valence electrons. The minimum atomic E-state index is -0.717. The summed E-state index contributed by atoms with van der Waals surface area (Å²) in [6, 6.07) is 0.123. The molecule has 1 saturated heterocycles. The van der Waals surface area contributed by atoms with Crippen molar-refractivity contribution in [2.45, 2.75) is 38.6 Å². The van der Waals surface area contributed by atoms with E-state index < -0.39 is 5.97 Å². The summed E-state index contributed by atoms with van der Waals surface area (Å²) in [5.74, 6) is 0.0404. The molecule has 0 amide bonds. The number of carbonyl (C=O) groups is 1. The Morgan fingerprint density at radius 3 is 2.69 bits per heavy atom. The first-order valence-electron chi connectivity index (χ1n) is 6.09. The summed E-state index contributed by atoms with van der Waals surface area (Å²) in [7, 11) is 2.01. The molecule has 16 heavy (non-hydrogen) atoms. The zero-order valence-corrected chi connectivity index (χ0v) is 10.3. The molecule has 4 nitrogen and oxygen atoms in total. The molecule has 1 heterocycles. The van der Waals surface area contributed by atoms with Crippen LogP contribution in [0.4, 0.5) is 0 Å². The fourth-order valence-corrected chi connectivity index (χ4v) is 2.05. The summed E-state index contributed by atoms with van der Waals surface area (Å²) in [5, 5.41) is 8.71. The van der Waals surface area contributed by atoms with E-state index in [0.29, 0.717) is 0 Å². The van der Waals surface area contributed by atoms with Gasteiger partial charge in [-0.2, -0.15) is 0 Å². The maximum atomic E-state index is 10.6. The normalized spacial score (nSPS) is 19.9. The van der Waals surface area contributed by atoms with Crippen molar-refractivity contribution in [3.05, 3.63) is 0 Å². The Hall–Kier alpha value is -0.610. The van der Waals surface area contributed by atoms with Crippen molar-refractivity contribution in [3.8, 4) is 0 Å². The molecular formula is C12H23NO3. The lowest BCUT2D eigenvalue weighted by Crippen LogP contribution is -2.33. The van der Waals surface area contributed by atoms with Crippen molar-refractivity contribution in [1.29, 1.82) is 0 Å². The average Bonchev–Trinajstić information content (AvgIpc) is 2.26. The first kappa shape index (κ1) is 13.5. The second-order valence-corrected chi connectivity index (χ2v) is 4.77. The van der Waals surface area contributed by atoms with E-state index >= 15 is 0 Å². The highest BCUT2D eigenvalue weighted by molar-refractivity contribution is 5.67. The number of nitrogens with zero attached hydrogens (tertiary/aromatic N) is 1. The lowest BCUT2D eigenvalue weighted by atomic mass is 9.96. The van der Waals surface area contributed by atoms with E-state index in [9.17, 15) is 4.79 Å². The van der Waals surface area contributed by atoms with Gasteiger partial charge in [0, 0.05) is 19.3 Å². The number of hydrogen-bond donors (Lipinski definition) is 1. The highest BCUT2D eigenvalue weighted by Crippen LogP contribution is 2.19. The Labute approximate surface area is 97.6 Å². The van der Waals surface area contributed by atoms with E-state index in [1.807, 2.05) is 14.0 Å². The maximum Gasteiger partial charge on any atom is 0.304 e. The molecule has 0 saturated carbocycles. The van der Waals surface area contributed by atoms with Gasteiger partial charge in [-0.15, -0.1) is 0 Å². The summed E-state index contributed by atoms with van der Waals surface area (Å²) in [6.45, 7) is 4.73. The number of carboxylic acids is 1. The molecule has 1 rings (SSSR count). The van der Waals surface area contributed by atoms with Crippen molar-refractivity contribution in [2.75, 3.05) is 26.8 Å². The highest BCUT2D eigenvalue weighted by atomic mass is 16.5. The third kappa shape index (κ3) is 4.94. The van der Waals surface area contributed by atoms with Gasteiger partial charge in [0.15, 0.2) is 0 Å². The van der Waals surface area contributed by atoms with Crippen LogP contribution in [-0.2, 0) is 9.53 Å². The molecule has 1 N–H and O–H groups in total. The molecule has 0 spiro atoms. The van der Waals surface area contributed by atoms with Gasteiger partial charge in [-0.25, -0.2) is 0 Å². The molecule has 1 fully saturated rings. The van der Waals surface area contributed by atoms with E-state index in [2.05, 4.69) is 4.90 Å². The molecule has 4 heteroatoms. The third-order valence-corrected chi connectivity index (χ3v) is 3.45. The molecule has 0 aromatic carbocycles. The molecule has 0 aromatic heterocycles. The molecule has 1 atom stereocenters. The predicted molar refractivity (Wildman–Crippen MR) is 62.5 cm³/mol. The summed E-state index contributed by atoms with van der Waals surface area (Å²) >= 11 is 0. The number of rotatable bonds is 6. The molecule has 0 aliphatic carbocycles. The Morgan fingerprint density at radius 2 is 2.12 bits per heavy atom. The molecule has 0 radical (unpaired) electrons. The zero-order valence-electron chi connectivity index (χ0n) is 10.3. The van der Waals surface area contributed by atoms with Crippen LogP contribution >= 0.6 is 0 Å². The van der Waals surface area contributed by atoms with Gasteiger partial charge in [-0.1, -0.05) is 0 Å². The Morgan fingerprint density at radius 1 is 1.50 bits per heavy atom. The van der Waals surface area contributed by atoms with Gasteiger partial charge in [0.2, 0.25) is 0 Å². The third-order valence-electron chi connectivity index (χ3n) is 3.45. The largest absolute Gasteiger partial charge is 0.481 e. The minimum absolute atomic E-state index is 0.123. The molecule has 0 bridgehead atoms. The minimum Gasteiger partial charge on any atom is -0.481 e. The van der Waals surface area contributed by atoms with Crippen LogP contribution in [0.15, 0.2) is 0 Å². The van der Waals surface area contributed by atoms with Crippen molar-refractivity contribution in [2.24, 2.45) is 5.92 Å². The smallest absolute Gasteiger partial charge is 0.304 e. The standard InChI is InChI=1S/C12H23NO3/c1-10(9-12(14)15)13(2)6-3-11-4-7-16-8-5-11/h10-11H,3-9H2,1-2H3,(H,14,15). The summed E-state index contributed by atoms with van der Waals surface area (Å²) in [4.78, 5) is 12.7. The van der Waals surface area contributed by atoms with Crippen LogP contribution in [0.25, 0.3) is 0 Å². The SMILES string of the molecule is CC(CC(=O)O)N(C)CCC1CCOCC1. The number of ether oxygens (including phenoxy) is 1. The summed E-state index contributed by atoms with van der Waals surface area (Å²) < 4.78 is 5.32. The van der Waals surface area contributed by atoms with Gasteiger partial charge in [-0.3, -0.25) is 4.79 Å². The summed E-state index contributed by atoms with van der Waals surface area (Å²) in [6.07, 6.45) is 3.69. The Balaban J connectivity index is 2.17. The molecular weight excluding hydrogens is 206 g/mol. The van der Waals surface area contributed by atoms with Gasteiger partial charge in [0.05, 0.1) is 6.42 Å². The monoisotopic (exact) mass is 229 g/mol. The van der Waals surface area contributed by atoms with Gasteiger partial charge in [0.25, 0.3) is 0 Å². The fraction of sp³-hybridized carbons (Fsp3) is 0.917. The van der Waals surface area contributed by atoms with Crippen molar-refractivity contribution in [1.82, 2.24) is 4.90 Å². The lowest BCUT2D eigenvalue weighted by Gasteiger charge is -2.27. The first-order chi connectivity index (χ1) is 7.59. The second-order valence-electron chi connectivity index (χ2n) is 4.77. The van der Waals surface area contributed by atoms with Crippen LogP contribution in [-0.4, -0.2) is 48.8 Å². The number of aliphatic carboxylic acids is 1. The highest BCUT2D eigenvalue weighted by Gasteiger charge is 2.17. The topological polar surface area (TPSA) is 49.8 Å². The number of hydrogen-bond acceptors (Lipinski definition) is 3. The van der Waals surface area contributed by atoms with E-state index in [-0.39, 0.29) is 12.5 Å². The van der Waals surface area contributed by atoms with Crippen LogP contribution in [0, 0.1) is 5.92 Å². The molecule has 0 aromatic rings. The van der Waals surface area contributed by atoms with Crippen LogP contribution < -0.4 is 0 Å². The van der Waals surface area contributed by atoms with Crippen LogP contribution in [0.2, 0.25) is 0 Å². The van der Waals surface area contributed by atoms with Crippen molar-refractivity contribution < 1.29 is 14.6 Å². The van der Waals surface area contributed by atoms with Crippen LogP contribution in [0.5, 0.6) is 0 Å². The van der Waals surface area contributed by atoms with Gasteiger partial charge >= 0.3 is 5.97 Å². The Bertz CT molecular complexity index is 214. The first-order valence-corrected chi connectivity index (χ1v) is 6.09. The zero-order chi connectivity index (χ0) is 12.0. The van der Waals surface area contributed by atoms with E-state index in [1.54, 1.807) is 0 Å². The molecule has 1 unspecified atom stereocenters. The van der Waals surface area contributed by atoms with Gasteiger partial charge in [0.1, 0.15) is 0 Å². The molecule has 1 aliphatic heterocycles. The van der Waals surface area contributed by atoms with Crippen molar-refractivity contribution >= 4 is 5.97 Å². The van der Waals surface area contributed by atoms with Crippen molar-refractivity contribution in [3.63, 3.8) is 0 Å². The van der Waals surface area contributed by atoms with Gasteiger partial charge < -0.3 is 14.7 Å². The maximum absolute atomic E-state index is 10.6. The average molecular weight is 229 g/mol. The van der Waals surface area contributed by atoms with E-state index in [4.69, 9.17) is 9.84 Å². The van der Waals surface area contributed by atoms with Crippen LogP contribution in [0.1, 0.15) is 32.6 Å². The fourth-order valence-electron chi connectivity index (χ4n) is 2.05. The second kappa shape index (κ2) is 6.86. The van der Waals surface area contributed by atoms with E-state index in [0.717, 1.165) is 44.9 Å². The van der Waals surface area contributed by atoms with Gasteiger partial charge in [-0.05, 0) is 45.7 Å². The Kier molecular flexibility index (Phi) is 5.77. The predicted octanol–water partition coefficient (Wildman–Crippen LogP) is 1.60. The molecule has 1 aliphatic rings. The quantitative estimate of drug-likeness (QED) is 0.751.